The molecule has 2 N–H and O–H groups in total. The Morgan fingerprint density at radius 1 is 1.04 bits per heavy atom. The second-order valence-electron chi connectivity index (χ2n) is 6.23. The van der Waals surface area contributed by atoms with Crippen molar-refractivity contribution in [3.05, 3.63) is 77.0 Å². The number of para-hydroxylation sites is 1. The van der Waals surface area contributed by atoms with E-state index in [0.29, 0.717) is 0 Å². The number of amides is 1. The normalized spacial score (nSPS) is 13.2. The molecule has 3 nitrogen and oxygen atoms in total. The van der Waals surface area contributed by atoms with Crippen molar-refractivity contribution in [3.8, 4) is 11.1 Å². The van der Waals surface area contributed by atoms with Crippen molar-refractivity contribution < 1.29 is 9.69 Å². The van der Waals surface area contributed by atoms with Crippen LogP contribution in [0, 0.1) is 0 Å². The van der Waals surface area contributed by atoms with Crippen molar-refractivity contribution in [1.29, 1.82) is 0 Å². The fourth-order valence-electron chi connectivity index (χ4n) is 2.77. The molecule has 2 atom stereocenters. The Balaban J connectivity index is 1.73. The van der Waals surface area contributed by atoms with Gasteiger partial charge in [0.1, 0.15) is 6.54 Å². The first-order chi connectivity index (χ1) is 12.1. The summed E-state index contributed by atoms with van der Waals surface area (Å²) in [6.07, 6.45) is 0. The van der Waals surface area contributed by atoms with Crippen molar-refractivity contribution in [2.45, 2.75) is 19.5 Å². The molecule has 3 rings (SSSR count). The van der Waals surface area contributed by atoms with Crippen LogP contribution >= 0.6 is 11.3 Å². The number of nitrogens with one attached hydrogen (secondary N) is 2. The molecule has 2 aromatic carbocycles. The van der Waals surface area contributed by atoms with Crippen LogP contribution in [0.1, 0.15) is 11.8 Å². The minimum absolute atomic E-state index is 0.0393. The number of hydrogen-bond acceptors (Lipinski definition) is 2. The predicted octanol–water partition coefficient (Wildman–Crippen LogP) is 3.46. The lowest BCUT2D eigenvalue weighted by molar-refractivity contribution is -0.907. The summed E-state index contributed by atoms with van der Waals surface area (Å²) in [5.74, 6) is 0.0393. The van der Waals surface area contributed by atoms with E-state index in [1.165, 1.54) is 9.78 Å². The van der Waals surface area contributed by atoms with E-state index in [-0.39, 0.29) is 11.9 Å². The van der Waals surface area contributed by atoms with E-state index in [1.807, 2.05) is 55.5 Å². The van der Waals surface area contributed by atoms with Gasteiger partial charge < -0.3 is 10.2 Å². The van der Waals surface area contributed by atoms with Crippen LogP contribution in [-0.4, -0.2) is 19.0 Å². The molecule has 0 saturated heterocycles. The maximum absolute atomic E-state index is 12.7. The molecule has 0 saturated carbocycles. The van der Waals surface area contributed by atoms with Gasteiger partial charge in [-0.3, -0.25) is 4.79 Å². The highest BCUT2D eigenvalue weighted by atomic mass is 32.1. The van der Waals surface area contributed by atoms with Crippen LogP contribution in [0.4, 0.5) is 5.69 Å². The van der Waals surface area contributed by atoms with E-state index >= 15 is 0 Å². The predicted molar refractivity (Wildman–Crippen MR) is 105 cm³/mol. The van der Waals surface area contributed by atoms with Crippen LogP contribution in [0.3, 0.4) is 0 Å². The zero-order valence-electron chi connectivity index (χ0n) is 14.5. The molecule has 1 heterocycles. The van der Waals surface area contributed by atoms with Gasteiger partial charge in [0.15, 0.2) is 6.04 Å². The Bertz CT molecular complexity index is 815. The molecule has 0 spiro atoms. The van der Waals surface area contributed by atoms with Crippen molar-refractivity contribution in [1.82, 2.24) is 0 Å². The quantitative estimate of drug-likeness (QED) is 0.701. The largest absolute Gasteiger partial charge is 0.323 e. The third-order valence-corrected chi connectivity index (χ3v) is 5.31. The Morgan fingerprint density at radius 3 is 2.48 bits per heavy atom. The highest BCUT2D eigenvalue weighted by Gasteiger charge is 2.23. The zero-order chi connectivity index (χ0) is 17.6. The molecule has 0 aliphatic carbocycles. The van der Waals surface area contributed by atoms with Crippen LogP contribution in [0.5, 0.6) is 0 Å². The molecule has 0 aliphatic heterocycles. The first kappa shape index (κ1) is 17.4. The van der Waals surface area contributed by atoms with Gasteiger partial charge in [-0.15, -0.1) is 11.3 Å². The Kier molecular flexibility index (Phi) is 5.64. The monoisotopic (exact) mass is 351 g/mol. The summed E-state index contributed by atoms with van der Waals surface area (Å²) in [5, 5.41) is 5.19. The molecular weight excluding hydrogens is 328 g/mol. The van der Waals surface area contributed by atoms with Crippen molar-refractivity contribution in [2.75, 3.05) is 12.4 Å². The number of benzene rings is 2. The van der Waals surface area contributed by atoms with E-state index in [2.05, 4.69) is 35.9 Å². The molecule has 0 bridgehead atoms. The van der Waals surface area contributed by atoms with Crippen molar-refractivity contribution >= 4 is 22.9 Å². The highest BCUT2D eigenvalue weighted by molar-refractivity contribution is 7.09. The summed E-state index contributed by atoms with van der Waals surface area (Å²) < 4.78 is 0. The number of carbonyl (C=O) groups is 1. The van der Waals surface area contributed by atoms with E-state index in [9.17, 15) is 4.79 Å². The maximum Gasteiger partial charge on any atom is 0.282 e. The van der Waals surface area contributed by atoms with Gasteiger partial charge in [-0.05, 0) is 30.0 Å². The highest BCUT2D eigenvalue weighted by Crippen LogP contribution is 2.27. The molecule has 3 aromatic rings. The molecular formula is C21H23N2OS+. The first-order valence-electron chi connectivity index (χ1n) is 8.45. The number of likely N-dealkylation sites (N-methyl/N-ethyl adjacent to an activating group) is 1. The van der Waals surface area contributed by atoms with Gasteiger partial charge in [0, 0.05) is 11.3 Å². The van der Waals surface area contributed by atoms with Crippen LogP contribution in [0.15, 0.2) is 72.1 Å². The topological polar surface area (TPSA) is 33.5 Å². The smallest absolute Gasteiger partial charge is 0.282 e. The molecule has 128 valence electrons. The molecule has 0 aliphatic rings. The molecule has 1 amide bonds. The lowest BCUT2D eigenvalue weighted by atomic mass is 10.0. The van der Waals surface area contributed by atoms with Gasteiger partial charge in [-0.1, -0.05) is 54.6 Å². The minimum Gasteiger partial charge on any atom is -0.323 e. The SMILES string of the molecule is C[C@H](C(=O)Nc1ccccc1-c1ccccc1)[NH+](C)Cc1cccs1. The second kappa shape index (κ2) is 8.10. The first-order valence-corrected chi connectivity index (χ1v) is 9.33. The lowest BCUT2D eigenvalue weighted by Gasteiger charge is -2.21. The van der Waals surface area contributed by atoms with Gasteiger partial charge >= 0.3 is 0 Å². The minimum atomic E-state index is -0.133. The van der Waals surface area contributed by atoms with Gasteiger partial charge in [0.05, 0.1) is 11.9 Å². The number of anilines is 1. The summed E-state index contributed by atoms with van der Waals surface area (Å²) in [5.41, 5.74) is 3.00. The molecule has 0 fully saturated rings. The standard InChI is InChI=1S/C21H22N2OS/c1-16(23(2)15-18-11-8-14-25-18)21(24)22-20-13-7-6-12-19(20)17-9-4-3-5-10-17/h3-14,16H,15H2,1-2H3,(H,22,24)/p+1/t16-/m1/s1. The van der Waals surface area contributed by atoms with Gasteiger partial charge in [0.25, 0.3) is 5.91 Å². The summed E-state index contributed by atoms with van der Waals surface area (Å²) >= 11 is 1.73. The number of hydrogen-bond donors (Lipinski definition) is 2. The Morgan fingerprint density at radius 2 is 1.76 bits per heavy atom. The summed E-state index contributed by atoms with van der Waals surface area (Å²) in [4.78, 5) is 15.2. The van der Waals surface area contributed by atoms with E-state index in [1.54, 1.807) is 11.3 Å². The lowest BCUT2D eigenvalue weighted by Crippen LogP contribution is -3.12. The number of quaternary nitrogens is 1. The molecule has 25 heavy (non-hydrogen) atoms. The Hall–Kier alpha value is -2.43. The van der Waals surface area contributed by atoms with Gasteiger partial charge in [-0.25, -0.2) is 0 Å². The summed E-state index contributed by atoms with van der Waals surface area (Å²) in [7, 11) is 2.06. The average molecular weight is 351 g/mol. The maximum atomic E-state index is 12.7. The molecule has 1 unspecified atom stereocenters. The van der Waals surface area contributed by atoms with Gasteiger partial charge in [0.2, 0.25) is 0 Å². The third kappa shape index (κ3) is 4.35. The average Bonchev–Trinajstić information content (AvgIpc) is 3.15. The van der Waals surface area contributed by atoms with E-state index in [4.69, 9.17) is 0 Å². The zero-order valence-corrected chi connectivity index (χ0v) is 15.3. The fraction of sp³-hybridized carbons (Fsp3) is 0.190. The van der Waals surface area contributed by atoms with E-state index < -0.39 is 0 Å². The summed E-state index contributed by atoms with van der Waals surface area (Å²) in [6.45, 7) is 2.83. The third-order valence-electron chi connectivity index (χ3n) is 4.44. The van der Waals surface area contributed by atoms with E-state index in [0.717, 1.165) is 23.4 Å². The van der Waals surface area contributed by atoms with Crippen molar-refractivity contribution in [2.24, 2.45) is 0 Å². The molecule has 1 aromatic heterocycles. The fourth-order valence-corrected chi connectivity index (χ4v) is 3.57. The second-order valence-corrected chi connectivity index (χ2v) is 7.26. The van der Waals surface area contributed by atoms with Crippen molar-refractivity contribution in [3.63, 3.8) is 0 Å². The number of thiophene rings is 1. The van der Waals surface area contributed by atoms with Crippen LogP contribution in [-0.2, 0) is 11.3 Å². The molecule has 0 radical (unpaired) electrons. The number of carbonyl (C=O) groups excluding carboxylic acids is 1. The van der Waals surface area contributed by atoms with Gasteiger partial charge in [-0.2, -0.15) is 0 Å². The number of rotatable bonds is 6. The van der Waals surface area contributed by atoms with Crippen LogP contribution in [0.25, 0.3) is 11.1 Å². The molecule has 4 heteroatoms. The summed E-state index contributed by atoms with van der Waals surface area (Å²) in [6, 6.07) is 22.1. The van der Waals surface area contributed by atoms with Crippen LogP contribution < -0.4 is 10.2 Å². The Labute approximate surface area is 152 Å². The van der Waals surface area contributed by atoms with Crippen LogP contribution in [0.2, 0.25) is 0 Å².